The molecular weight excluding hydrogens is 236 g/mol. The molecule has 1 heterocycles. The molecule has 0 saturated carbocycles. The fourth-order valence-electron chi connectivity index (χ4n) is 2.09. The third kappa shape index (κ3) is 3.28. The van der Waals surface area contributed by atoms with Crippen LogP contribution in [0.15, 0.2) is 18.2 Å². The summed E-state index contributed by atoms with van der Waals surface area (Å²) in [6.45, 7) is 10.5. The van der Waals surface area contributed by atoms with Crippen molar-refractivity contribution in [2.24, 2.45) is 11.3 Å². The Morgan fingerprint density at radius 1 is 1.42 bits per heavy atom. The van der Waals surface area contributed by atoms with Gasteiger partial charge in [0.15, 0.2) is 0 Å². The lowest BCUT2D eigenvalue weighted by Crippen LogP contribution is -2.33. The molecule has 0 spiro atoms. The Hall–Kier alpha value is -1.51. The number of carbonyl (C=O) groups excluding carboxylic acids is 1. The molecule has 3 heteroatoms. The largest absolute Gasteiger partial charge is 0.384 e. The van der Waals surface area contributed by atoms with E-state index in [0.717, 1.165) is 24.2 Å². The van der Waals surface area contributed by atoms with Gasteiger partial charge in [-0.25, -0.2) is 0 Å². The zero-order chi connectivity index (χ0) is 14.0. The van der Waals surface area contributed by atoms with Gasteiger partial charge in [-0.3, -0.25) is 4.79 Å². The van der Waals surface area contributed by atoms with E-state index in [2.05, 4.69) is 44.4 Å². The van der Waals surface area contributed by atoms with Gasteiger partial charge >= 0.3 is 0 Å². The molecule has 0 bridgehead atoms. The first-order valence-electron chi connectivity index (χ1n) is 7.03. The first kappa shape index (κ1) is 13.9. The van der Waals surface area contributed by atoms with E-state index in [9.17, 15) is 4.79 Å². The third-order valence-corrected chi connectivity index (χ3v) is 4.13. The summed E-state index contributed by atoms with van der Waals surface area (Å²) < 4.78 is 0. The van der Waals surface area contributed by atoms with Crippen molar-refractivity contribution in [1.82, 2.24) is 5.32 Å². The average molecular weight is 260 g/mol. The van der Waals surface area contributed by atoms with Crippen molar-refractivity contribution in [2.75, 3.05) is 18.4 Å². The smallest absolute Gasteiger partial charge is 0.251 e. The van der Waals surface area contributed by atoms with E-state index in [-0.39, 0.29) is 11.3 Å². The van der Waals surface area contributed by atoms with Crippen LogP contribution >= 0.6 is 0 Å². The number of rotatable bonds is 3. The van der Waals surface area contributed by atoms with E-state index < -0.39 is 0 Å². The maximum Gasteiger partial charge on any atom is 0.251 e. The molecule has 1 atom stereocenters. The van der Waals surface area contributed by atoms with Gasteiger partial charge in [0.2, 0.25) is 0 Å². The lowest BCUT2D eigenvalue weighted by molar-refractivity contribution is 0.0937. The SMILES string of the molecule is CC(CNC(=O)c1ccc2c(c1)NCC2)C(C)(C)C. The number of hydrogen-bond acceptors (Lipinski definition) is 2. The minimum atomic E-state index is 0.0209. The van der Waals surface area contributed by atoms with Crippen LogP contribution in [0.5, 0.6) is 0 Å². The second-order valence-corrected chi connectivity index (χ2v) is 6.53. The number of amides is 1. The topological polar surface area (TPSA) is 41.1 Å². The zero-order valence-electron chi connectivity index (χ0n) is 12.3. The molecule has 1 amide bonds. The molecule has 0 saturated heterocycles. The highest BCUT2D eigenvalue weighted by Gasteiger charge is 2.21. The summed E-state index contributed by atoms with van der Waals surface area (Å²) >= 11 is 0. The van der Waals surface area contributed by atoms with Crippen LogP contribution in [0.2, 0.25) is 0 Å². The second-order valence-electron chi connectivity index (χ2n) is 6.53. The van der Waals surface area contributed by atoms with Crippen molar-refractivity contribution < 1.29 is 4.79 Å². The van der Waals surface area contributed by atoms with Crippen molar-refractivity contribution >= 4 is 11.6 Å². The molecule has 104 valence electrons. The molecule has 0 fully saturated rings. The summed E-state index contributed by atoms with van der Waals surface area (Å²) in [7, 11) is 0. The summed E-state index contributed by atoms with van der Waals surface area (Å²) in [6.07, 6.45) is 1.05. The number of carbonyl (C=O) groups is 1. The Labute approximate surface area is 115 Å². The van der Waals surface area contributed by atoms with Crippen LogP contribution < -0.4 is 10.6 Å². The van der Waals surface area contributed by atoms with Gasteiger partial charge in [0, 0.05) is 24.3 Å². The average Bonchev–Trinajstić information content (AvgIpc) is 2.81. The normalized spacial score (nSPS) is 15.6. The highest BCUT2D eigenvalue weighted by molar-refractivity contribution is 5.95. The summed E-state index contributed by atoms with van der Waals surface area (Å²) in [4.78, 5) is 12.1. The molecule has 0 radical (unpaired) electrons. The van der Waals surface area contributed by atoms with Crippen LogP contribution in [0.1, 0.15) is 43.6 Å². The minimum Gasteiger partial charge on any atom is -0.384 e. The molecule has 1 aromatic rings. The fourth-order valence-corrected chi connectivity index (χ4v) is 2.09. The van der Waals surface area contributed by atoms with Crippen molar-refractivity contribution in [2.45, 2.75) is 34.1 Å². The van der Waals surface area contributed by atoms with Crippen LogP contribution in [-0.4, -0.2) is 19.0 Å². The van der Waals surface area contributed by atoms with Crippen LogP contribution in [0.4, 0.5) is 5.69 Å². The zero-order valence-corrected chi connectivity index (χ0v) is 12.3. The number of fused-ring (bicyclic) bond motifs is 1. The molecule has 2 rings (SSSR count). The standard InChI is InChI=1S/C16H24N2O/c1-11(16(2,3)4)10-18-15(19)13-6-5-12-7-8-17-14(12)9-13/h5-6,9,11,17H,7-8,10H2,1-4H3,(H,18,19). The summed E-state index contributed by atoms with van der Waals surface area (Å²) in [6, 6.07) is 5.93. The number of nitrogens with one attached hydrogen (secondary N) is 2. The van der Waals surface area contributed by atoms with Crippen LogP contribution in [0.25, 0.3) is 0 Å². The molecule has 0 aromatic heterocycles. The van der Waals surface area contributed by atoms with Gasteiger partial charge in [0.1, 0.15) is 0 Å². The second kappa shape index (κ2) is 5.24. The van der Waals surface area contributed by atoms with Gasteiger partial charge in [-0.1, -0.05) is 33.8 Å². The Bertz CT molecular complexity index is 474. The number of benzene rings is 1. The Morgan fingerprint density at radius 2 is 2.16 bits per heavy atom. The lowest BCUT2D eigenvalue weighted by Gasteiger charge is -2.27. The lowest BCUT2D eigenvalue weighted by atomic mass is 9.82. The summed E-state index contributed by atoms with van der Waals surface area (Å²) in [5, 5.41) is 6.33. The van der Waals surface area contributed by atoms with Gasteiger partial charge in [-0.15, -0.1) is 0 Å². The van der Waals surface area contributed by atoms with E-state index in [1.807, 2.05) is 12.1 Å². The molecule has 1 unspecified atom stereocenters. The van der Waals surface area contributed by atoms with Crippen molar-refractivity contribution in [1.29, 1.82) is 0 Å². The van der Waals surface area contributed by atoms with E-state index >= 15 is 0 Å². The monoisotopic (exact) mass is 260 g/mol. The minimum absolute atomic E-state index is 0.0209. The maximum atomic E-state index is 12.1. The fraction of sp³-hybridized carbons (Fsp3) is 0.562. The summed E-state index contributed by atoms with van der Waals surface area (Å²) in [5.74, 6) is 0.469. The highest BCUT2D eigenvalue weighted by atomic mass is 16.1. The van der Waals surface area contributed by atoms with E-state index in [1.54, 1.807) is 0 Å². The van der Waals surface area contributed by atoms with Crippen LogP contribution in [-0.2, 0) is 6.42 Å². The van der Waals surface area contributed by atoms with Gasteiger partial charge in [-0.2, -0.15) is 0 Å². The molecule has 0 aliphatic carbocycles. The van der Waals surface area contributed by atoms with E-state index in [4.69, 9.17) is 0 Å². The molecule has 19 heavy (non-hydrogen) atoms. The predicted octanol–water partition coefficient (Wildman–Crippen LogP) is 3.07. The number of hydrogen-bond donors (Lipinski definition) is 2. The molecule has 1 aliphatic rings. The van der Waals surface area contributed by atoms with Gasteiger partial charge < -0.3 is 10.6 Å². The molecule has 3 nitrogen and oxygen atoms in total. The maximum absolute atomic E-state index is 12.1. The van der Waals surface area contributed by atoms with Gasteiger partial charge in [0.25, 0.3) is 5.91 Å². The van der Waals surface area contributed by atoms with Crippen LogP contribution in [0.3, 0.4) is 0 Å². The predicted molar refractivity (Wildman–Crippen MR) is 79.6 cm³/mol. The number of anilines is 1. The first-order chi connectivity index (χ1) is 8.88. The van der Waals surface area contributed by atoms with Gasteiger partial charge in [-0.05, 0) is 35.4 Å². The Kier molecular flexibility index (Phi) is 3.83. The van der Waals surface area contributed by atoms with Crippen molar-refractivity contribution in [3.63, 3.8) is 0 Å². The first-order valence-corrected chi connectivity index (χ1v) is 7.03. The molecule has 1 aromatic carbocycles. The van der Waals surface area contributed by atoms with Crippen LogP contribution in [0, 0.1) is 11.3 Å². The van der Waals surface area contributed by atoms with E-state index in [0.29, 0.717) is 12.5 Å². The highest BCUT2D eigenvalue weighted by Crippen LogP contribution is 2.25. The Morgan fingerprint density at radius 3 is 2.84 bits per heavy atom. The molecule has 1 aliphatic heterocycles. The van der Waals surface area contributed by atoms with E-state index in [1.165, 1.54) is 5.56 Å². The Balaban J connectivity index is 1.97. The quantitative estimate of drug-likeness (QED) is 0.877. The van der Waals surface area contributed by atoms with Gasteiger partial charge in [0.05, 0.1) is 0 Å². The van der Waals surface area contributed by atoms with Crippen molar-refractivity contribution in [3.8, 4) is 0 Å². The van der Waals surface area contributed by atoms with Crippen molar-refractivity contribution in [3.05, 3.63) is 29.3 Å². The summed E-state index contributed by atoms with van der Waals surface area (Å²) in [5.41, 5.74) is 3.37. The third-order valence-electron chi connectivity index (χ3n) is 4.13. The molecule has 2 N–H and O–H groups in total. The molecular formula is C16H24N2O.